The second kappa shape index (κ2) is 6.19. The summed E-state index contributed by atoms with van der Waals surface area (Å²) in [6.45, 7) is 4.68. The van der Waals surface area contributed by atoms with Crippen LogP contribution in [0.15, 0.2) is 0 Å². The van der Waals surface area contributed by atoms with Crippen LogP contribution in [0.1, 0.15) is 56.6 Å². The number of amides is 1. The summed E-state index contributed by atoms with van der Waals surface area (Å²) in [5.74, 6) is 0.287. The molecule has 0 aromatic carbocycles. The van der Waals surface area contributed by atoms with E-state index >= 15 is 0 Å². The lowest BCUT2D eigenvalue weighted by atomic mass is 9.91. The maximum Gasteiger partial charge on any atom is 0.264 e. The Labute approximate surface area is 132 Å². The van der Waals surface area contributed by atoms with Gasteiger partial charge in [0.05, 0.1) is 16.4 Å². The van der Waals surface area contributed by atoms with Gasteiger partial charge >= 0.3 is 0 Å². The predicted octanol–water partition coefficient (Wildman–Crippen LogP) is 2.72. The second-order valence-electron chi connectivity index (χ2n) is 5.24. The van der Waals surface area contributed by atoms with E-state index in [1.165, 1.54) is 28.5 Å². The van der Waals surface area contributed by atoms with E-state index in [2.05, 4.69) is 26.8 Å². The van der Waals surface area contributed by atoms with E-state index in [0.29, 0.717) is 17.3 Å². The summed E-state index contributed by atoms with van der Waals surface area (Å²) in [4.78, 5) is 18.9. The summed E-state index contributed by atoms with van der Waals surface area (Å²) in [5.41, 5.74) is 1.98. The fourth-order valence-electron chi connectivity index (χ4n) is 2.74. The van der Waals surface area contributed by atoms with Crippen molar-refractivity contribution in [3.05, 3.63) is 26.1 Å². The highest BCUT2D eigenvalue weighted by atomic mass is 32.1. The zero-order valence-electron chi connectivity index (χ0n) is 12.2. The van der Waals surface area contributed by atoms with Crippen LogP contribution in [-0.4, -0.2) is 27.0 Å². The summed E-state index contributed by atoms with van der Waals surface area (Å²) in [7, 11) is 0. The molecule has 1 N–H and O–H groups in total. The number of fused-ring (bicyclic) bond motifs is 1. The monoisotopic (exact) mass is 322 g/mol. The molecule has 0 radical (unpaired) electrons. The number of nitrogens with zero attached hydrogens (tertiary/aromatic N) is 3. The fraction of sp³-hybridized carbons (Fsp3) is 0.571. The highest BCUT2D eigenvalue weighted by Crippen LogP contribution is 2.34. The van der Waals surface area contributed by atoms with Crippen molar-refractivity contribution in [1.82, 2.24) is 19.9 Å². The van der Waals surface area contributed by atoms with E-state index < -0.39 is 0 Å². The summed E-state index contributed by atoms with van der Waals surface area (Å²) in [6.07, 6.45) is 4.14. The Morgan fingerprint density at radius 1 is 1.48 bits per heavy atom. The van der Waals surface area contributed by atoms with Gasteiger partial charge in [0.2, 0.25) is 0 Å². The molecule has 1 amide bonds. The predicted molar refractivity (Wildman–Crippen MR) is 84.2 cm³/mol. The molecule has 2 aromatic rings. The highest BCUT2D eigenvalue weighted by molar-refractivity contribution is 7.11. The van der Waals surface area contributed by atoms with E-state index in [9.17, 15) is 4.79 Å². The van der Waals surface area contributed by atoms with Crippen molar-refractivity contribution >= 4 is 28.8 Å². The molecule has 5 nitrogen and oxygen atoms in total. The quantitative estimate of drug-likeness (QED) is 0.940. The molecular formula is C14H18N4OS2. The third-order valence-corrected chi connectivity index (χ3v) is 5.60. The van der Waals surface area contributed by atoms with Crippen LogP contribution < -0.4 is 5.32 Å². The van der Waals surface area contributed by atoms with Gasteiger partial charge in [-0.1, -0.05) is 11.4 Å². The van der Waals surface area contributed by atoms with Crippen molar-refractivity contribution in [2.45, 2.75) is 45.4 Å². The largest absolute Gasteiger partial charge is 0.351 e. The van der Waals surface area contributed by atoms with Crippen LogP contribution in [0, 0.1) is 6.92 Å². The lowest BCUT2D eigenvalue weighted by Crippen LogP contribution is -2.30. The van der Waals surface area contributed by atoms with Crippen LogP contribution in [0.25, 0.3) is 0 Å². The minimum Gasteiger partial charge on any atom is -0.351 e. The van der Waals surface area contributed by atoms with E-state index in [0.717, 1.165) is 30.0 Å². The third kappa shape index (κ3) is 2.98. The van der Waals surface area contributed by atoms with Gasteiger partial charge < -0.3 is 5.32 Å². The molecule has 2 aromatic heterocycles. The Balaban J connectivity index is 1.67. The van der Waals surface area contributed by atoms with Gasteiger partial charge in [-0.25, -0.2) is 4.98 Å². The van der Waals surface area contributed by atoms with Crippen LogP contribution in [0.4, 0.5) is 0 Å². The molecule has 0 bridgehead atoms. The van der Waals surface area contributed by atoms with Crippen LogP contribution in [0.5, 0.6) is 0 Å². The van der Waals surface area contributed by atoms with Crippen molar-refractivity contribution in [2.24, 2.45) is 0 Å². The molecule has 0 unspecified atom stereocenters. The van der Waals surface area contributed by atoms with Crippen LogP contribution in [-0.2, 0) is 12.8 Å². The summed E-state index contributed by atoms with van der Waals surface area (Å²) >= 11 is 2.96. The molecule has 1 aliphatic carbocycles. The molecule has 0 saturated carbocycles. The van der Waals surface area contributed by atoms with Gasteiger partial charge in [0.1, 0.15) is 4.88 Å². The van der Waals surface area contributed by atoms with Gasteiger partial charge in [-0.2, -0.15) is 0 Å². The summed E-state index contributed by atoms with van der Waals surface area (Å²) < 4.78 is 3.87. The lowest BCUT2D eigenvalue weighted by molar-refractivity contribution is 0.0953. The molecule has 2 heterocycles. The van der Waals surface area contributed by atoms with Crippen LogP contribution >= 0.6 is 22.9 Å². The van der Waals surface area contributed by atoms with Gasteiger partial charge in [0.25, 0.3) is 5.91 Å². The maximum absolute atomic E-state index is 12.2. The molecule has 21 heavy (non-hydrogen) atoms. The van der Waals surface area contributed by atoms with E-state index in [-0.39, 0.29) is 5.91 Å². The molecule has 1 aliphatic rings. The van der Waals surface area contributed by atoms with E-state index in [4.69, 9.17) is 0 Å². The van der Waals surface area contributed by atoms with Crippen molar-refractivity contribution < 1.29 is 4.79 Å². The van der Waals surface area contributed by atoms with Crippen LogP contribution in [0.2, 0.25) is 0 Å². The number of aryl methyl sites for hydroxylation is 3. The minimum atomic E-state index is -0.0547. The first-order valence-electron chi connectivity index (χ1n) is 7.24. The number of aromatic nitrogens is 3. The molecular weight excluding hydrogens is 304 g/mol. The fourth-order valence-corrected chi connectivity index (χ4v) is 4.47. The van der Waals surface area contributed by atoms with Crippen molar-refractivity contribution in [1.29, 1.82) is 0 Å². The molecule has 0 spiro atoms. The van der Waals surface area contributed by atoms with E-state index in [1.54, 1.807) is 11.3 Å². The van der Waals surface area contributed by atoms with Crippen molar-refractivity contribution in [3.8, 4) is 0 Å². The zero-order valence-corrected chi connectivity index (χ0v) is 13.8. The lowest BCUT2D eigenvalue weighted by Gasteiger charge is -2.21. The molecule has 0 aliphatic heterocycles. The number of nitrogens with one attached hydrogen (secondary N) is 1. The van der Waals surface area contributed by atoms with Crippen LogP contribution in [0.3, 0.4) is 0 Å². The van der Waals surface area contributed by atoms with Crippen molar-refractivity contribution in [2.75, 3.05) is 6.54 Å². The molecule has 7 heteroatoms. The van der Waals surface area contributed by atoms with Gasteiger partial charge in [0, 0.05) is 17.3 Å². The number of hydrogen-bond donors (Lipinski definition) is 1. The standard InChI is InChI=1S/C14H18N4OS2/c1-3-10-13(21-18-17-10)14(19)15-7-9-5-4-6-11-12(9)16-8(2)20-11/h9H,3-7H2,1-2H3,(H,15,19)/t9-/m1/s1. The highest BCUT2D eigenvalue weighted by Gasteiger charge is 2.25. The number of carbonyl (C=O) groups excluding carboxylic acids is 1. The third-order valence-electron chi connectivity index (χ3n) is 3.78. The Bertz CT molecular complexity index is 649. The SMILES string of the molecule is CCc1nnsc1C(=O)NC[C@H]1CCCc2sc(C)nc21. The first-order chi connectivity index (χ1) is 10.2. The normalized spacial score (nSPS) is 17.5. The first-order valence-corrected chi connectivity index (χ1v) is 8.83. The Morgan fingerprint density at radius 3 is 3.14 bits per heavy atom. The Hall–Kier alpha value is -1.34. The number of carbonyl (C=O) groups is 1. The average Bonchev–Trinajstić information content (AvgIpc) is 3.09. The Morgan fingerprint density at radius 2 is 2.33 bits per heavy atom. The van der Waals surface area contributed by atoms with Gasteiger partial charge in [-0.3, -0.25) is 4.79 Å². The van der Waals surface area contributed by atoms with E-state index in [1.807, 2.05) is 6.92 Å². The van der Waals surface area contributed by atoms with Gasteiger partial charge in [0.15, 0.2) is 0 Å². The topological polar surface area (TPSA) is 67.8 Å². The second-order valence-corrected chi connectivity index (χ2v) is 7.28. The number of rotatable bonds is 4. The maximum atomic E-state index is 12.2. The number of thiazole rings is 1. The molecule has 0 saturated heterocycles. The molecule has 112 valence electrons. The average molecular weight is 322 g/mol. The minimum absolute atomic E-state index is 0.0547. The molecule has 3 rings (SSSR count). The zero-order chi connectivity index (χ0) is 14.8. The van der Waals surface area contributed by atoms with Crippen molar-refractivity contribution in [3.63, 3.8) is 0 Å². The van der Waals surface area contributed by atoms with Gasteiger partial charge in [-0.05, 0) is 44.1 Å². The van der Waals surface area contributed by atoms with Gasteiger partial charge in [-0.15, -0.1) is 16.4 Å². The summed E-state index contributed by atoms with van der Waals surface area (Å²) in [6, 6.07) is 0. The molecule has 0 fully saturated rings. The first kappa shape index (κ1) is 14.6. The number of hydrogen-bond acceptors (Lipinski definition) is 6. The molecule has 1 atom stereocenters. The Kier molecular flexibility index (Phi) is 4.30. The summed E-state index contributed by atoms with van der Waals surface area (Å²) in [5, 5.41) is 8.15. The smallest absolute Gasteiger partial charge is 0.264 e.